The molecule has 7 nitrogen and oxygen atoms in total. The molecule has 0 aliphatic carbocycles. The number of para-hydroxylation sites is 1. The molecular weight excluding hydrogens is 346 g/mol. The van der Waals surface area contributed by atoms with E-state index in [1.165, 1.54) is 4.90 Å². The first kappa shape index (κ1) is 18.6. The van der Waals surface area contributed by atoms with E-state index in [1.54, 1.807) is 60.7 Å². The minimum atomic E-state index is -1.63. The standard InChI is InChI=1S/C20H21N3O4/c21-20(15-9-3-1-4-10-15)18(26)23(16-11-5-2-6-12-16)19(27)22(20)14-8-7-13-17(24)25/h1-6,9-12H,7-8,13-14,21H2,(H,24,25). The SMILES string of the molecule is NC1(c2ccccc2)C(=O)N(c2ccccc2)C(=O)N1CCCCC(=O)O. The highest BCUT2D eigenvalue weighted by molar-refractivity contribution is 6.23. The Morgan fingerprint density at radius 2 is 1.56 bits per heavy atom. The normalized spacial score (nSPS) is 19.6. The van der Waals surface area contributed by atoms with Gasteiger partial charge in [-0.2, -0.15) is 0 Å². The van der Waals surface area contributed by atoms with Crippen LogP contribution < -0.4 is 10.6 Å². The van der Waals surface area contributed by atoms with Crippen LogP contribution in [0.3, 0.4) is 0 Å². The molecule has 0 aromatic heterocycles. The van der Waals surface area contributed by atoms with Crippen LogP contribution in [0.5, 0.6) is 0 Å². The van der Waals surface area contributed by atoms with Crippen LogP contribution in [0, 0.1) is 0 Å². The van der Waals surface area contributed by atoms with Crippen LogP contribution in [0.15, 0.2) is 60.7 Å². The molecule has 0 saturated carbocycles. The third-order valence-corrected chi connectivity index (χ3v) is 4.63. The van der Waals surface area contributed by atoms with Crippen LogP contribution >= 0.6 is 0 Å². The Morgan fingerprint density at radius 1 is 0.963 bits per heavy atom. The molecule has 1 saturated heterocycles. The Bertz CT molecular complexity index is 841. The van der Waals surface area contributed by atoms with Gasteiger partial charge < -0.3 is 5.11 Å². The van der Waals surface area contributed by atoms with Gasteiger partial charge in [-0.1, -0.05) is 48.5 Å². The molecule has 0 radical (unpaired) electrons. The molecular formula is C20H21N3O4. The lowest BCUT2D eigenvalue weighted by Crippen LogP contribution is -2.54. The highest BCUT2D eigenvalue weighted by Gasteiger charge is 2.56. The molecule has 0 spiro atoms. The van der Waals surface area contributed by atoms with E-state index in [2.05, 4.69) is 0 Å². The number of hydrogen-bond donors (Lipinski definition) is 2. The molecule has 1 heterocycles. The maximum absolute atomic E-state index is 13.2. The minimum absolute atomic E-state index is 0.00127. The Morgan fingerprint density at radius 3 is 2.15 bits per heavy atom. The number of carboxylic acids is 1. The van der Waals surface area contributed by atoms with Crippen molar-refractivity contribution in [3.8, 4) is 0 Å². The summed E-state index contributed by atoms with van der Waals surface area (Å²) < 4.78 is 0. The van der Waals surface area contributed by atoms with Crippen molar-refractivity contribution in [1.29, 1.82) is 0 Å². The molecule has 3 rings (SSSR count). The van der Waals surface area contributed by atoms with Crippen molar-refractivity contribution in [2.45, 2.75) is 24.9 Å². The van der Waals surface area contributed by atoms with Crippen molar-refractivity contribution in [2.75, 3.05) is 11.4 Å². The maximum Gasteiger partial charge on any atom is 0.333 e. The Labute approximate surface area is 157 Å². The van der Waals surface area contributed by atoms with E-state index >= 15 is 0 Å². The number of imide groups is 1. The number of rotatable bonds is 7. The lowest BCUT2D eigenvalue weighted by Gasteiger charge is -2.31. The average Bonchev–Trinajstić information content (AvgIpc) is 2.87. The lowest BCUT2D eigenvalue weighted by atomic mass is 9.98. The van der Waals surface area contributed by atoms with E-state index in [4.69, 9.17) is 10.8 Å². The van der Waals surface area contributed by atoms with Gasteiger partial charge in [0.25, 0.3) is 5.91 Å². The molecule has 0 bridgehead atoms. The highest BCUT2D eigenvalue weighted by Crippen LogP contribution is 2.36. The summed E-state index contributed by atoms with van der Waals surface area (Å²) in [6.07, 6.45) is 0.824. The van der Waals surface area contributed by atoms with Crippen molar-refractivity contribution in [1.82, 2.24) is 4.90 Å². The fourth-order valence-corrected chi connectivity index (χ4v) is 3.24. The lowest BCUT2D eigenvalue weighted by molar-refractivity contribution is -0.137. The van der Waals surface area contributed by atoms with Crippen molar-refractivity contribution >= 4 is 23.6 Å². The van der Waals surface area contributed by atoms with Gasteiger partial charge in [0.2, 0.25) is 5.66 Å². The number of urea groups is 1. The summed E-state index contributed by atoms with van der Waals surface area (Å²) in [5, 5.41) is 8.80. The largest absolute Gasteiger partial charge is 0.481 e. The van der Waals surface area contributed by atoms with Crippen LogP contribution in [0.4, 0.5) is 10.5 Å². The van der Waals surface area contributed by atoms with Gasteiger partial charge in [-0.3, -0.25) is 20.2 Å². The number of amides is 3. The van der Waals surface area contributed by atoms with Gasteiger partial charge in [-0.25, -0.2) is 9.69 Å². The third-order valence-electron chi connectivity index (χ3n) is 4.63. The summed E-state index contributed by atoms with van der Waals surface area (Å²) in [7, 11) is 0. The highest BCUT2D eigenvalue weighted by atomic mass is 16.4. The van der Waals surface area contributed by atoms with Crippen molar-refractivity contribution in [3.05, 3.63) is 66.2 Å². The van der Waals surface area contributed by atoms with Gasteiger partial charge in [0.1, 0.15) is 0 Å². The monoisotopic (exact) mass is 367 g/mol. The molecule has 7 heteroatoms. The second-order valence-corrected chi connectivity index (χ2v) is 6.39. The molecule has 1 unspecified atom stereocenters. The zero-order valence-electron chi connectivity index (χ0n) is 14.7. The summed E-state index contributed by atoms with van der Waals surface area (Å²) in [6, 6.07) is 16.9. The number of benzene rings is 2. The molecule has 27 heavy (non-hydrogen) atoms. The summed E-state index contributed by atoms with van der Waals surface area (Å²) >= 11 is 0. The van der Waals surface area contributed by atoms with E-state index in [-0.39, 0.29) is 13.0 Å². The third kappa shape index (κ3) is 3.41. The first-order chi connectivity index (χ1) is 13.0. The smallest absolute Gasteiger partial charge is 0.333 e. The molecule has 1 aliphatic heterocycles. The Hall–Kier alpha value is -3.19. The zero-order chi connectivity index (χ0) is 19.4. The topological polar surface area (TPSA) is 104 Å². The van der Waals surface area contributed by atoms with Gasteiger partial charge in [0.05, 0.1) is 5.69 Å². The number of nitrogens with two attached hydrogens (primary N) is 1. The van der Waals surface area contributed by atoms with Crippen LogP contribution in [0.2, 0.25) is 0 Å². The van der Waals surface area contributed by atoms with E-state index in [1.807, 2.05) is 0 Å². The van der Waals surface area contributed by atoms with Crippen molar-refractivity contribution in [2.24, 2.45) is 5.73 Å². The zero-order valence-corrected chi connectivity index (χ0v) is 14.7. The quantitative estimate of drug-likeness (QED) is 0.578. The van der Waals surface area contributed by atoms with Gasteiger partial charge in [0.15, 0.2) is 0 Å². The summed E-state index contributed by atoms with van der Waals surface area (Å²) in [5.74, 6) is -1.42. The number of carboxylic acid groups (broad SMARTS) is 1. The van der Waals surface area contributed by atoms with E-state index in [0.717, 1.165) is 4.90 Å². The first-order valence-corrected chi connectivity index (χ1v) is 8.73. The number of carbonyl (C=O) groups excluding carboxylic acids is 2. The fourth-order valence-electron chi connectivity index (χ4n) is 3.24. The summed E-state index contributed by atoms with van der Waals surface area (Å²) in [4.78, 5) is 39.5. The molecule has 3 N–H and O–H groups in total. The number of nitrogens with zero attached hydrogens (tertiary/aromatic N) is 2. The van der Waals surface area contributed by atoms with Crippen LogP contribution in [-0.2, 0) is 15.3 Å². The van der Waals surface area contributed by atoms with Crippen LogP contribution in [0.25, 0.3) is 0 Å². The maximum atomic E-state index is 13.2. The molecule has 1 atom stereocenters. The minimum Gasteiger partial charge on any atom is -0.481 e. The molecule has 2 aromatic rings. The number of carbonyl (C=O) groups is 3. The van der Waals surface area contributed by atoms with E-state index in [0.29, 0.717) is 24.1 Å². The number of anilines is 1. The molecule has 2 aromatic carbocycles. The summed E-state index contributed by atoms with van der Waals surface area (Å²) in [5.41, 5.74) is 5.86. The number of unbranched alkanes of at least 4 members (excludes halogenated alkanes) is 1. The van der Waals surface area contributed by atoms with Gasteiger partial charge in [-0.05, 0) is 25.0 Å². The summed E-state index contributed by atoms with van der Waals surface area (Å²) in [6.45, 7) is 0.187. The predicted molar refractivity (Wildman–Crippen MR) is 99.8 cm³/mol. The number of hydrogen-bond acceptors (Lipinski definition) is 4. The molecule has 140 valence electrons. The number of aliphatic carboxylic acids is 1. The first-order valence-electron chi connectivity index (χ1n) is 8.73. The molecule has 3 amide bonds. The van der Waals surface area contributed by atoms with E-state index in [9.17, 15) is 14.4 Å². The molecule has 1 fully saturated rings. The van der Waals surface area contributed by atoms with Crippen LogP contribution in [-0.4, -0.2) is 34.5 Å². The molecule has 1 aliphatic rings. The van der Waals surface area contributed by atoms with E-state index < -0.39 is 23.6 Å². The fraction of sp³-hybridized carbons (Fsp3) is 0.250. The predicted octanol–water partition coefficient (Wildman–Crippen LogP) is 2.52. The Balaban J connectivity index is 1.95. The second kappa shape index (κ2) is 7.59. The second-order valence-electron chi connectivity index (χ2n) is 6.39. The van der Waals surface area contributed by atoms with Gasteiger partial charge in [0, 0.05) is 18.5 Å². The van der Waals surface area contributed by atoms with Gasteiger partial charge in [-0.15, -0.1) is 0 Å². The van der Waals surface area contributed by atoms with Crippen molar-refractivity contribution in [3.63, 3.8) is 0 Å². The van der Waals surface area contributed by atoms with Gasteiger partial charge >= 0.3 is 12.0 Å². The Kier molecular flexibility index (Phi) is 5.23. The average molecular weight is 367 g/mol. The van der Waals surface area contributed by atoms with Crippen molar-refractivity contribution < 1.29 is 19.5 Å². The van der Waals surface area contributed by atoms with Crippen LogP contribution in [0.1, 0.15) is 24.8 Å².